The summed E-state index contributed by atoms with van der Waals surface area (Å²) >= 11 is 1.56. The van der Waals surface area contributed by atoms with Crippen LogP contribution >= 0.6 is 11.3 Å². The fourth-order valence-electron chi connectivity index (χ4n) is 2.13. The van der Waals surface area contributed by atoms with Crippen molar-refractivity contribution in [3.63, 3.8) is 0 Å². The number of guanidine groups is 1. The topological polar surface area (TPSA) is 86.6 Å². The molecule has 1 aromatic heterocycles. The summed E-state index contributed by atoms with van der Waals surface area (Å²) in [5.74, 6) is 0.135. The molecule has 22 heavy (non-hydrogen) atoms. The van der Waals surface area contributed by atoms with E-state index < -0.39 is 0 Å². The number of aliphatic hydroxyl groups is 1. The molecule has 0 spiro atoms. The largest absolute Gasteiger partial charge is 0.394 e. The highest BCUT2D eigenvalue weighted by atomic mass is 32.1. The van der Waals surface area contributed by atoms with Gasteiger partial charge < -0.3 is 10.4 Å². The van der Waals surface area contributed by atoms with Gasteiger partial charge in [-0.2, -0.15) is 0 Å². The number of hydrogen-bond donors (Lipinski definition) is 3. The van der Waals surface area contributed by atoms with Gasteiger partial charge in [-0.1, -0.05) is 13.0 Å². The number of rotatable bonds is 4. The van der Waals surface area contributed by atoms with E-state index in [0.717, 1.165) is 22.2 Å². The minimum atomic E-state index is -0.250. The van der Waals surface area contributed by atoms with Crippen LogP contribution in [0.4, 0.5) is 0 Å². The van der Waals surface area contributed by atoms with Gasteiger partial charge in [-0.3, -0.25) is 10.1 Å². The van der Waals surface area contributed by atoms with E-state index in [9.17, 15) is 9.90 Å². The van der Waals surface area contributed by atoms with Gasteiger partial charge in [-0.05, 0) is 30.2 Å². The first-order chi connectivity index (χ1) is 10.7. The Morgan fingerprint density at radius 2 is 2.36 bits per heavy atom. The van der Waals surface area contributed by atoms with E-state index in [1.807, 2.05) is 25.1 Å². The SMILES string of the molecule is CC[C@@H](CO)NC1=N/C(=C\c2ccc3ncsc3c2)C(=O)N1. The molecule has 2 aromatic rings. The zero-order valence-electron chi connectivity index (χ0n) is 12.0. The molecule has 2 heterocycles. The monoisotopic (exact) mass is 316 g/mol. The van der Waals surface area contributed by atoms with Gasteiger partial charge in [-0.25, -0.2) is 9.98 Å². The number of aromatic nitrogens is 1. The first-order valence-corrected chi connectivity index (χ1v) is 7.90. The molecule has 1 aliphatic rings. The third-order valence-corrected chi connectivity index (χ3v) is 4.20. The van der Waals surface area contributed by atoms with Crippen LogP contribution in [-0.2, 0) is 4.79 Å². The standard InChI is InChI=1S/C15H16N4O2S/c1-2-10(7-20)17-15-18-12(14(21)19-15)5-9-3-4-11-13(6-9)22-8-16-11/h3-6,8,10,20H,2,7H2,1H3,(H2,17,18,19,21)/b12-5-/t10-/m0/s1. The summed E-state index contributed by atoms with van der Waals surface area (Å²) in [6.45, 7) is 1.94. The van der Waals surface area contributed by atoms with Crippen molar-refractivity contribution in [2.24, 2.45) is 4.99 Å². The third-order valence-electron chi connectivity index (χ3n) is 3.41. The van der Waals surface area contributed by atoms with Gasteiger partial charge in [0.1, 0.15) is 5.70 Å². The number of carbonyl (C=O) groups is 1. The van der Waals surface area contributed by atoms with Crippen molar-refractivity contribution in [1.82, 2.24) is 15.6 Å². The van der Waals surface area contributed by atoms with E-state index in [2.05, 4.69) is 20.6 Å². The van der Waals surface area contributed by atoms with Crippen molar-refractivity contribution in [3.05, 3.63) is 35.0 Å². The van der Waals surface area contributed by atoms with Crippen molar-refractivity contribution in [3.8, 4) is 0 Å². The molecule has 3 rings (SSSR count). The number of aliphatic imine (C=N–C) groups is 1. The van der Waals surface area contributed by atoms with Crippen molar-refractivity contribution < 1.29 is 9.90 Å². The summed E-state index contributed by atoms with van der Waals surface area (Å²) < 4.78 is 1.07. The quantitative estimate of drug-likeness (QED) is 0.746. The summed E-state index contributed by atoms with van der Waals surface area (Å²) in [5.41, 5.74) is 3.99. The molecule has 1 aromatic carbocycles. The first-order valence-electron chi connectivity index (χ1n) is 7.02. The fourth-order valence-corrected chi connectivity index (χ4v) is 2.85. The molecule has 114 valence electrons. The summed E-state index contributed by atoms with van der Waals surface area (Å²) in [6, 6.07) is 5.70. The summed E-state index contributed by atoms with van der Waals surface area (Å²) in [4.78, 5) is 20.4. The number of carbonyl (C=O) groups excluding carboxylic acids is 1. The number of benzene rings is 1. The lowest BCUT2D eigenvalue weighted by atomic mass is 10.2. The zero-order valence-corrected chi connectivity index (χ0v) is 12.9. The van der Waals surface area contributed by atoms with E-state index in [0.29, 0.717) is 11.7 Å². The van der Waals surface area contributed by atoms with Gasteiger partial charge in [0.05, 0.1) is 28.4 Å². The average Bonchev–Trinajstić information content (AvgIpc) is 3.11. The van der Waals surface area contributed by atoms with Gasteiger partial charge in [0, 0.05) is 0 Å². The maximum Gasteiger partial charge on any atom is 0.276 e. The van der Waals surface area contributed by atoms with Crippen LogP contribution in [0.25, 0.3) is 16.3 Å². The summed E-state index contributed by atoms with van der Waals surface area (Å²) in [5, 5.41) is 14.9. The van der Waals surface area contributed by atoms with Crippen LogP contribution in [0.3, 0.4) is 0 Å². The molecular formula is C15H16N4O2S. The van der Waals surface area contributed by atoms with Gasteiger partial charge >= 0.3 is 0 Å². The van der Waals surface area contributed by atoms with E-state index in [1.165, 1.54) is 0 Å². The average molecular weight is 316 g/mol. The van der Waals surface area contributed by atoms with Gasteiger partial charge in [-0.15, -0.1) is 11.3 Å². The Kier molecular flexibility index (Phi) is 4.17. The Labute approximate surface area is 131 Å². The van der Waals surface area contributed by atoms with Crippen LogP contribution in [-0.4, -0.2) is 34.6 Å². The lowest BCUT2D eigenvalue weighted by molar-refractivity contribution is -0.115. The van der Waals surface area contributed by atoms with Crippen molar-refractivity contribution in [2.45, 2.75) is 19.4 Å². The minimum absolute atomic E-state index is 0.00746. The maximum atomic E-state index is 12.0. The highest BCUT2D eigenvalue weighted by molar-refractivity contribution is 7.16. The lowest BCUT2D eigenvalue weighted by Crippen LogP contribution is -2.43. The van der Waals surface area contributed by atoms with E-state index in [1.54, 1.807) is 22.9 Å². The number of amides is 1. The van der Waals surface area contributed by atoms with E-state index in [4.69, 9.17) is 0 Å². The van der Waals surface area contributed by atoms with Crippen molar-refractivity contribution in [1.29, 1.82) is 0 Å². The second kappa shape index (κ2) is 6.25. The predicted molar refractivity (Wildman–Crippen MR) is 87.5 cm³/mol. The highest BCUT2D eigenvalue weighted by Crippen LogP contribution is 2.21. The molecule has 6 nitrogen and oxygen atoms in total. The Bertz CT molecular complexity index is 762. The number of nitrogens with zero attached hydrogens (tertiary/aromatic N) is 2. The minimum Gasteiger partial charge on any atom is -0.394 e. The molecule has 0 saturated carbocycles. The Balaban J connectivity index is 1.83. The molecule has 1 aliphatic heterocycles. The fraction of sp³-hybridized carbons (Fsp3) is 0.267. The van der Waals surface area contributed by atoms with Crippen LogP contribution < -0.4 is 10.6 Å². The maximum absolute atomic E-state index is 12.0. The van der Waals surface area contributed by atoms with Gasteiger partial charge in [0.15, 0.2) is 0 Å². The summed E-state index contributed by atoms with van der Waals surface area (Å²) in [7, 11) is 0. The molecule has 0 bridgehead atoms. The first kappa shape index (κ1) is 14.7. The van der Waals surface area contributed by atoms with Crippen LogP contribution in [0.2, 0.25) is 0 Å². The van der Waals surface area contributed by atoms with Gasteiger partial charge in [0.2, 0.25) is 5.96 Å². The zero-order chi connectivity index (χ0) is 15.5. The predicted octanol–water partition coefficient (Wildman–Crippen LogP) is 1.48. The Morgan fingerprint density at radius 3 is 3.14 bits per heavy atom. The molecular weight excluding hydrogens is 300 g/mol. The third kappa shape index (κ3) is 3.00. The molecule has 7 heteroatoms. The number of aliphatic hydroxyl groups excluding tert-OH is 1. The molecule has 0 saturated heterocycles. The highest BCUT2D eigenvalue weighted by Gasteiger charge is 2.21. The molecule has 0 radical (unpaired) electrons. The molecule has 3 N–H and O–H groups in total. The van der Waals surface area contributed by atoms with Crippen molar-refractivity contribution in [2.75, 3.05) is 6.61 Å². The number of hydrogen-bond acceptors (Lipinski definition) is 6. The van der Waals surface area contributed by atoms with Crippen LogP contribution in [0.15, 0.2) is 34.4 Å². The molecule has 0 fully saturated rings. The van der Waals surface area contributed by atoms with Crippen molar-refractivity contribution >= 4 is 39.5 Å². The second-order valence-corrected chi connectivity index (χ2v) is 5.84. The molecule has 0 aliphatic carbocycles. The molecule has 1 amide bonds. The van der Waals surface area contributed by atoms with Crippen LogP contribution in [0.5, 0.6) is 0 Å². The van der Waals surface area contributed by atoms with Crippen LogP contribution in [0.1, 0.15) is 18.9 Å². The Hall–Kier alpha value is -2.25. The van der Waals surface area contributed by atoms with Gasteiger partial charge in [0.25, 0.3) is 5.91 Å². The smallest absolute Gasteiger partial charge is 0.276 e. The van der Waals surface area contributed by atoms with E-state index >= 15 is 0 Å². The second-order valence-electron chi connectivity index (χ2n) is 4.96. The number of nitrogens with one attached hydrogen (secondary N) is 2. The normalized spacial score (nSPS) is 17.6. The summed E-state index contributed by atoms with van der Waals surface area (Å²) in [6.07, 6.45) is 2.48. The number of fused-ring (bicyclic) bond motifs is 1. The Morgan fingerprint density at radius 1 is 1.50 bits per heavy atom. The molecule has 1 atom stereocenters. The molecule has 0 unspecified atom stereocenters. The van der Waals surface area contributed by atoms with E-state index in [-0.39, 0.29) is 18.6 Å². The van der Waals surface area contributed by atoms with Crippen LogP contribution in [0, 0.1) is 0 Å². The number of thiazole rings is 1. The lowest BCUT2D eigenvalue weighted by Gasteiger charge is -2.13.